The summed E-state index contributed by atoms with van der Waals surface area (Å²) in [7, 11) is 0. The minimum Gasteiger partial charge on any atom is -0.332 e. The number of carbonyl (C=O) groups excluding carboxylic acids is 2. The van der Waals surface area contributed by atoms with Crippen molar-refractivity contribution in [2.75, 3.05) is 4.90 Å². The molecule has 23 heavy (non-hydrogen) atoms. The molecule has 1 saturated heterocycles. The molecule has 0 unspecified atom stereocenters. The molecular weight excluding hydrogens is 302 g/mol. The summed E-state index contributed by atoms with van der Waals surface area (Å²) >= 11 is 0. The van der Waals surface area contributed by atoms with Gasteiger partial charge < -0.3 is 5.32 Å². The summed E-state index contributed by atoms with van der Waals surface area (Å²) in [6, 6.07) is 10.7. The highest BCUT2D eigenvalue weighted by molar-refractivity contribution is 6.21. The fraction of sp³-hybridized carbons (Fsp3) is 0.176. The van der Waals surface area contributed by atoms with E-state index in [4.69, 9.17) is 0 Å². The van der Waals surface area contributed by atoms with Gasteiger partial charge in [-0.2, -0.15) is 0 Å². The first-order chi connectivity index (χ1) is 11.0. The molecule has 0 bridgehead atoms. The lowest BCUT2D eigenvalue weighted by Gasteiger charge is -2.14. The van der Waals surface area contributed by atoms with Crippen LogP contribution in [-0.4, -0.2) is 17.9 Å². The molecule has 118 valence electrons. The normalized spacial score (nSPS) is 17.8. The van der Waals surface area contributed by atoms with Gasteiger partial charge in [0.15, 0.2) is 6.04 Å². The van der Waals surface area contributed by atoms with Crippen molar-refractivity contribution in [3.63, 3.8) is 0 Å². The zero-order valence-electron chi connectivity index (χ0n) is 12.2. The molecule has 2 amide bonds. The monoisotopic (exact) mass is 317 g/mol. The topological polar surface area (TPSA) is 54.0 Å². The van der Waals surface area contributed by atoms with Gasteiger partial charge in [-0.15, -0.1) is 0 Å². The summed E-state index contributed by atoms with van der Waals surface area (Å²) in [5.41, 5.74) is 1.24. The van der Waals surface area contributed by atoms with Crippen LogP contribution in [0, 0.1) is 11.6 Å². The third-order valence-corrected chi connectivity index (χ3v) is 3.82. The number of benzene rings is 2. The molecule has 1 aliphatic heterocycles. The molecule has 0 aromatic heterocycles. The SMILES string of the molecule is O=C1C[C@H]([NH2+]Cc2ccc(F)cc2)C(=O)N1c1ccc(F)cc1. The Labute approximate surface area is 131 Å². The van der Waals surface area contributed by atoms with Crippen molar-refractivity contribution in [3.05, 3.63) is 65.7 Å². The summed E-state index contributed by atoms with van der Waals surface area (Å²) < 4.78 is 25.8. The molecular formula is C17H15F2N2O2+. The number of hydrogen-bond donors (Lipinski definition) is 1. The number of halogens is 2. The van der Waals surface area contributed by atoms with Crippen molar-refractivity contribution >= 4 is 17.5 Å². The van der Waals surface area contributed by atoms with Gasteiger partial charge in [0.05, 0.1) is 12.1 Å². The number of hydrogen-bond acceptors (Lipinski definition) is 2. The predicted molar refractivity (Wildman–Crippen MR) is 79.3 cm³/mol. The molecule has 2 aromatic carbocycles. The van der Waals surface area contributed by atoms with E-state index in [1.54, 1.807) is 17.4 Å². The highest BCUT2D eigenvalue weighted by atomic mass is 19.1. The highest BCUT2D eigenvalue weighted by Crippen LogP contribution is 2.21. The second kappa shape index (κ2) is 6.26. The molecule has 2 aromatic rings. The number of rotatable bonds is 4. The molecule has 1 atom stereocenters. The maximum Gasteiger partial charge on any atom is 0.292 e. The van der Waals surface area contributed by atoms with E-state index in [-0.39, 0.29) is 24.1 Å². The van der Waals surface area contributed by atoms with Gasteiger partial charge in [0.1, 0.15) is 18.2 Å². The Morgan fingerprint density at radius 1 is 0.957 bits per heavy atom. The van der Waals surface area contributed by atoms with E-state index >= 15 is 0 Å². The van der Waals surface area contributed by atoms with Crippen LogP contribution in [0.15, 0.2) is 48.5 Å². The molecule has 4 nitrogen and oxygen atoms in total. The predicted octanol–water partition coefficient (Wildman–Crippen LogP) is 1.36. The van der Waals surface area contributed by atoms with Crippen LogP contribution in [0.25, 0.3) is 0 Å². The Morgan fingerprint density at radius 2 is 1.52 bits per heavy atom. The third-order valence-electron chi connectivity index (χ3n) is 3.82. The molecule has 0 saturated carbocycles. The summed E-state index contributed by atoms with van der Waals surface area (Å²) in [4.78, 5) is 25.6. The number of quaternary nitrogens is 1. The van der Waals surface area contributed by atoms with Gasteiger partial charge in [0.25, 0.3) is 5.91 Å². The van der Waals surface area contributed by atoms with Crippen molar-refractivity contribution in [2.45, 2.75) is 19.0 Å². The van der Waals surface area contributed by atoms with Gasteiger partial charge in [-0.05, 0) is 36.4 Å². The number of imide groups is 1. The Hall–Kier alpha value is -2.60. The van der Waals surface area contributed by atoms with E-state index in [2.05, 4.69) is 0 Å². The van der Waals surface area contributed by atoms with E-state index < -0.39 is 11.9 Å². The van der Waals surface area contributed by atoms with Crippen molar-refractivity contribution in [2.24, 2.45) is 0 Å². The molecule has 2 N–H and O–H groups in total. The fourth-order valence-corrected chi connectivity index (χ4v) is 2.60. The van der Waals surface area contributed by atoms with Gasteiger partial charge >= 0.3 is 0 Å². The Balaban J connectivity index is 1.68. The lowest BCUT2D eigenvalue weighted by Crippen LogP contribution is -2.90. The number of nitrogens with two attached hydrogens (primary N) is 1. The molecule has 0 aliphatic carbocycles. The Morgan fingerprint density at radius 3 is 2.13 bits per heavy atom. The second-order valence-corrected chi connectivity index (χ2v) is 5.42. The lowest BCUT2D eigenvalue weighted by molar-refractivity contribution is -0.690. The van der Waals surface area contributed by atoms with Gasteiger partial charge in [-0.25, -0.2) is 13.7 Å². The van der Waals surface area contributed by atoms with Crippen molar-refractivity contribution in [1.82, 2.24) is 0 Å². The van der Waals surface area contributed by atoms with Crippen LogP contribution in [0.3, 0.4) is 0 Å². The number of amides is 2. The standard InChI is InChI=1S/C17H14F2N2O2/c18-12-3-1-11(2-4-12)10-20-15-9-16(22)21(17(15)23)14-7-5-13(19)6-8-14/h1-8,15,20H,9-10H2/p+1/t15-/m0/s1. The average Bonchev–Trinajstić information content (AvgIpc) is 2.82. The molecule has 0 spiro atoms. The van der Waals surface area contributed by atoms with Crippen LogP contribution < -0.4 is 10.2 Å². The zero-order chi connectivity index (χ0) is 16.4. The maximum atomic E-state index is 13.0. The van der Waals surface area contributed by atoms with E-state index in [0.29, 0.717) is 12.2 Å². The number of anilines is 1. The zero-order valence-corrected chi connectivity index (χ0v) is 12.2. The van der Waals surface area contributed by atoms with Crippen molar-refractivity contribution < 1.29 is 23.7 Å². The Bertz CT molecular complexity index is 729. The van der Waals surface area contributed by atoms with E-state index in [9.17, 15) is 18.4 Å². The van der Waals surface area contributed by atoms with Crippen molar-refractivity contribution in [1.29, 1.82) is 0 Å². The minimum absolute atomic E-state index is 0.0946. The average molecular weight is 317 g/mol. The van der Waals surface area contributed by atoms with Crippen LogP contribution in [0.1, 0.15) is 12.0 Å². The molecule has 1 aliphatic rings. The van der Waals surface area contributed by atoms with Gasteiger partial charge in [-0.3, -0.25) is 9.59 Å². The number of carbonyl (C=O) groups is 2. The van der Waals surface area contributed by atoms with Crippen LogP contribution >= 0.6 is 0 Å². The van der Waals surface area contributed by atoms with Crippen LogP contribution in [0.5, 0.6) is 0 Å². The minimum atomic E-state index is -0.516. The first kappa shape index (κ1) is 15.3. The molecule has 0 radical (unpaired) electrons. The Kier molecular flexibility index (Phi) is 4.16. The fourth-order valence-electron chi connectivity index (χ4n) is 2.60. The lowest BCUT2D eigenvalue weighted by atomic mass is 10.2. The first-order valence-electron chi connectivity index (χ1n) is 7.25. The molecule has 6 heteroatoms. The van der Waals surface area contributed by atoms with Crippen LogP contribution in [0.2, 0.25) is 0 Å². The highest BCUT2D eigenvalue weighted by Gasteiger charge is 2.42. The smallest absolute Gasteiger partial charge is 0.292 e. The van der Waals surface area contributed by atoms with Crippen LogP contribution in [0.4, 0.5) is 14.5 Å². The second-order valence-electron chi connectivity index (χ2n) is 5.42. The van der Waals surface area contributed by atoms with Gasteiger partial charge in [0.2, 0.25) is 5.91 Å². The summed E-state index contributed by atoms with van der Waals surface area (Å²) in [5, 5.41) is 1.76. The quantitative estimate of drug-likeness (QED) is 0.866. The molecule has 1 fully saturated rings. The third kappa shape index (κ3) is 3.27. The first-order valence-corrected chi connectivity index (χ1v) is 7.25. The summed E-state index contributed by atoms with van der Waals surface area (Å²) in [6.45, 7) is 0.473. The molecule has 1 heterocycles. The van der Waals surface area contributed by atoms with E-state index in [1.807, 2.05) is 0 Å². The van der Waals surface area contributed by atoms with E-state index in [0.717, 1.165) is 10.5 Å². The number of nitrogens with zero attached hydrogens (tertiary/aromatic N) is 1. The maximum absolute atomic E-state index is 13.0. The van der Waals surface area contributed by atoms with Crippen LogP contribution in [-0.2, 0) is 16.1 Å². The van der Waals surface area contributed by atoms with Gasteiger partial charge in [-0.1, -0.05) is 12.1 Å². The van der Waals surface area contributed by atoms with Crippen molar-refractivity contribution in [3.8, 4) is 0 Å². The molecule has 3 rings (SSSR count). The largest absolute Gasteiger partial charge is 0.332 e. The van der Waals surface area contributed by atoms with E-state index in [1.165, 1.54) is 36.4 Å². The van der Waals surface area contributed by atoms with Gasteiger partial charge in [0, 0.05) is 5.56 Å². The summed E-state index contributed by atoms with van der Waals surface area (Å²) in [5.74, 6) is -1.36. The summed E-state index contributed by atoms with van der Waals surface area (Å²) in [6.07, 6.45) is 0.0946.